The van der Waals surface area contributed by atoms with Crippen LogP contribution in [0.3, 0.4) is 0 Å². The number of halogens is 1. The van der Waals surface area contributed by atoms with Crippen molar-refractivity contribution in [3.05, 3.63) is 57.8 Å². The SMILES string of the molecule is O=C(NCc1cc[nH]c1)C1=Cc2cc(Br)ccc2OC1. The first-order chi connectivity index (χ1) is 9.72. The van der Waals surface area contributed by atoms with Gasteiger partial charge in [-0.3, -0.25) is 4.79 Å². The minimum atomic E-state index is -0.100. The Labute approximate surface area is 125 Å². The second-order valence-corrected chi connectivity index (χ2v) is 5.46. The minimum Gasteiger partial charge on any atom is -0.488 e. The molecule has 0 radical (unpaired) electrons. The summed E-state index contributed by atoms with van der Waals surface area (Å²) < 4.78 is 6.56. The van der Waals surface area contributed by atoms with E-state index < -0.39 is 0 Å². The molecule has 1 aliphatic rings. The van der Waals surface area contributed by atoms with Crippen molar-refractivity contribution in [3.8, 4) is 5.75 Å². The lowest BCUT2D eigenvalue weighted by atomic mass is 10.1. The summed E-state index contributed by atoms with van der Waals surface area (Å²) >= 11 is 3.42. The van der Waals surface area contributed by atoms with Gasteiger partial charge in [-0.15, -0.1) is 0 Å². The van der Waals surface area contributed by atoms with E-state index in [-0.39, 0.29) is 5.91 Å². The summed E-state index contributed by atoms with van der Waals surface area (Å²) in [5.74, 6) is 0.701. The van der Waals surface area contributed by atoms with E-state index in [2.05, 4.69) is 26.2 Å². The van der Waals surface area contributed by atoms with Crippen LogP contribution in [0.4, 0.5) is 0 Å². The summed E-state index contributed by atoms with van der Waals surface area (Å²) in [4.78, 5) is 15.1. The second kappa shape index (κ2) is 5.54. The van der Waals surface area contributed by atoms with Crippen LogP contribution in [0, 0.1) is 0 Å². The number of amides is 1. The van der Waals surface area contributed by atoms with Crippen LogP contribution in [0.15, 0.2) is 46.7 Å². The molecule has 2 N–H and O–H groups in total. The number of fused-ring (bicyclic) bond motifs is 1. The monoisotopic (exact) mass is 332 g/mol. The molecular weight excluding hydrogens is 320 g/mol. The number of ether oxygens (including phenoxy) is 1. The fourth-order valence-electron chi connectivity index (χ4n) is 2.04. The maximum Gasteiger partial charge on any atom is 0.250 e. The Hall–Kier alpha value is -2.01. The molecule has 102 valence electrons. The number of benzene rings is 1. The van der Waals surface area contributed by atoms with Gasteiger partial charge in [0.15, 0.2) is 0 Å². The molecule has 5 heteroatoms. The fourth-order valence-corrected chi connectivity index (χ4v) is 2.42. The van der Waals surface area contributed by atoms with Crippen LogP contribution in [0.25, 0.3) is 6.08 Å². The van der Waals surface area contributed by atoms with Crippen LogP contribution >= 0.6 is 15.9 Å². The van der Waals surface area contributed by atoms with Gasteiger partial charge in [0.2, 0.25) is 0 Å². The highest BCUT2D eigenvalue weighted by molar-refractivity contribution is 9.10. The molecule has 0 aliphatic carbocycles. The number of carbonyl (C=O) groups excluding carboxylic acids is 1. The van der Waals surface area contributed by atoms with Gasteiger partial charge in [0.25, 0.3) is 5.91 Å². The molecule has 1 amide bonds. The lowest BCUT2D eigenvalue weighted by Gasteiger charge is -2.17. The van der Waals surface area contributed by atoms with Gasteiger partial charge in [-0.1, -0.05) is 15.9 Å². The van der Waals surface area contributed by atoms with Gasteiger partial charge >= 0.3 is 0 Å². The highest BCUT2D eigenvalue weighted by Gasteiger charge is 2.17. The molecular formula is C15H13BrN2O2. The number of H-pyrrole nitrogens is 1. The van der Waals surface area contributed by atoms with E-state index in [9.17, 15) is 4.79 Å². The Morgan fingerprint density at radius 1 is 1.40 bits per heavy atom. The van der Waals surface area contributed by atoms with E-state index in [0.29, 0.717) is 18.7 Å². The molecule has 1 aliphatic heterocycles. The second-order valence-electron chi connectivity index (χ2n) is 4.54. The molecule has 1 aromatic heterocycles. The van der Waals surface area contributed by atoms with E-state index in [1.165, 1.54) is 0 Å². The van der Waals surface area contributed by atoms with Gasteiger partial charge in [-0.05, 0) is 35.9 Å². The summed E-state index contributed by atoms with van der Waals surface area (Å²) in [6.45, 7) is 0.804. The van der Waals surface area contributed by atoms with Gasteiger partial charge in [0, 0.05) is 29.0 Å². The third kappa shape index (κ3) is 2.77. The number of hydrogen-bond acceptors (Lipinski definition) is 2. The van der Waals surface area contributed by atoms with Crippen molar-refractivity contribution < 1.29 is 9.53 Å². The molecule has 0 unspecified atom stereocenters. The average Bonchev–Trinajstić information content (AvgIpc) is 2.97. The van der Waals surface area contributed by atoms with Crippen LogP contribution in [0.5, 0.6) is 5.75 Å². The van der Waals surface area contributed by atoms with E-state index >= 15 is 0 Å². The average molecular weight is 333 g/mol. The zero-order valence-corrected chi connectivity index (χ0v) is 12.2. The van der Waals surface area contributed by atoms with Crippen LogP contribution in [0.2, 0.25) is 0 Å². The molecule has 0 fully saturated rings. The highest BCUT2D eigenvalue weighted by Crippen LogP contribution is 2.29. The van der Waals surface area contributed by atoms with Crippen molar-refractivity contribution >= 4 is 27.9 Å². The van der Waals surface area contributed by atoms with E-state index in [0.717, 1.165) is 21.3 Å². The lowest BCUT2D eigenvalue weighted by molar-refractivity contribution is -0.117. The largest absolute Gasteiger partial charge is 0.488 e. The molecule has 3 rings (SSSR count). The quantitative estimate of drug-likeness (QED) is 0.908. The maximum atomic E-state index is 12.1. The first kappa shape index (κ1) is 13.0. The molecule has 4 nitrogen and oxygen atoms in total. The standard InChI is InChI=1S/C15H13BrN2O2/c16-13-1-2-14-11(6-13)5-12(9-20-14)15(19)18-8-10-3-4-17-7-10/h1-7,17H,8-9H2,(H,18,19). The number of carbonyl (C=O) groups is 1. The van der Waals surface area contributed by atoms with Crippen LogP contribution < -0.4 is 10.1 Å². The minimum absolute atomic E-state index is 0.100. The van der Waals surface area contributed by atoms with Gasteiger partial charge in [-0.25, -0.2) is 0 Å². The Bertz CT molecular complexity index is 663. The van der Waals surface area contributed by atoms with E-state index in [1.807, 2.05) is 42.7 Å². The van der Waals surface area contributed by atoms with Crippen molar-refractivity contribution in [2.75, 3.05) is 6.61 Å². The summed E-state index contributed by atoms with van der Waals surface area (Å²) in [7, 11) is 0. The Morgan fingerprint density at radius 2 is 2.30 bits per heavy atom. The third-order valence-electron chi connectivity index (χ3n) is 3.09. The van der Waals surface area contributed by atoms with Crippen molar-refractivity contribution in [3.63, 3.8) is 0 Å². The Balaban J connectivity index is 1.72. The topological polar surface area (TPSA) is 54.1 Å². The molecule has 0 saturated carbocycles. The molecule has 0 saturated heterocycles. The van der Waals surface area contributed by atoms with E-state index in [4.69, 9.17) is 4.74 Å². The van der Waals surface area contributed by atoms with Gasteiger partial charge in [0.05, 0.1) is 5.57 Å². The molecule has 0 spiro atoms. The summed E-state index contributed by atoms with van der Waals surface area (Å²) in [5.41, 5.74) is 2.59. The first-order valence-corrected chi connectivity index (χ1v) is 7.04. The zero-order valence-electron chi connectivity index (χ0n) is 10.7. The number of nitrogens with one attached hydrogen (secondary N) is 2. The van der Waals surface area contributed by atoms with Crippen molar-refractivity contribution in [2.24, 2.45) is 0 Å². The highest BCUT2D eigenvalue weighted by atomic mass is 79.9. The maximum absolute atomic E-state index is 12.1. The predicted octanol–water partition coefficient (Wildman–Crippen LogP) is 2.87. The molecule has 2 aromatic rings. The van der Waals surface area contributed by atoms with Crippen molar-refractivity contribution in [1.82, 2.24) is 10.3 Å². The number of aromatic nitrogens is 1. The Kier molecular flexibility index (Phi) is 3.60. The summed E-state index contributed by atoms with van der Waals surface area (Å²) in [6, 6.07) is 7.68. The molecule has 1 aromatic carbocycles. The fraction of sp³-hybridized carbons (Fsp3) is 0.133. The van der Waals surface area contributed by atoms with Crippen LogP contribution in [-0.2, 0) is 11.3 Å². The number of aromatic amines is 1. The van der Waals surface area contributed by atoms with Crippen molar-refractivity contribution in [2.45, 2.75) is 6.54 Å². The summed E-state index contributed by atoms with van der Waals surface area (Å²) in [6.07, 6.45) is 5.56. The number of rotatable bonds is 3. The molecule has 0 atom stereocenters. The van der Waals surface area contributed by atoms with Crippen LogP contribution in [-0.4, -0.2) is 17.5 Å². The molecule has 2 heterocycles. The predicted molar refractivity (Wildman–Crippen MR) is 80.3 cm³/mol. The van der Waals surface area contributed by atoms with Gasteiger partial charge < -0.3 is 15.0 Å². The van der Waals surface area contributed by atoms with Gasteiger partial charge in [-0.2, -0.15) is 0 Å². The zero-order chi connectivity index (χ0) is 13.9. The lowest BCUT2D eigenvalue weighted by Crippen LogP contribution is -2.28. The van der Waals surface area contributed by atoms with Crippen LogP contribution in [0.1, 0.15) is 11.1 Å². The van der Waals surface area contributed by atoms with Gasteiger partial charge in [0.1, 0.15) is 12.4 Å². The smallest absolute Gasteiger partial charge is 0.250 e. The first-order valence-electron chi connectivity index (χ1n) is 6.25. The third-order valence-corrected chi connectivity index (χ3v) is 3.59. The normalized spacial score (nSPS) is 13.2. The molecule has 20 heavy (non-hydrogen) atoms. The molecule has 0 bridgehead atoms. The summed E-state index contributed by atoms with van der Waals surface area (Å²) in [5, 5.41) is 2.88. The van der Waals surface area contributed by atoms with E-state index in [1.54, 1.807) is 0 Å². The Morgan fingerprint density at radius 3 is 3.10 bits per heavy atom. The van der Waals surface area contributed by atoms with Crippen molar-refractivity contribution in [1.29, 1.82) is 0 Å². The number of hydrogen-bond donors (Lipinski definition) is 2.